The second-order valence-electron chi connectivity index (χ2n) is 2.99. The maximum atomic E-state index is 11.9. The van der Waals surface area contributed by atoms with Gasteiger partial charge in [0.1, 0.15) is 5.75 Å². The molecule has 1 aromatic rings. The third-order valence-corrected chi connectivity index (χ3v) is 2.04. The molecule has 0 saturated carbocycles. The van der Waals surface area contributed by atoms with E-state index in [1.54, 1.807) is 13.0 Å². The van der Waals surface area contributed by atoms with Crippen LogP contribution in [0.2, 0.25) is 5.02 Å². The molecule has 0 aromatic heterocycles. The van der Waals surface area contributed by atoms with Gasteiger partial charge in [-0.3, -0.25) is 0 Å². The first-order chi connectivity index (χ1) is 7.02. The summed E-state index contributed by atoms with van der Waals surface area (Å²) in [5.74, 6) is 0.622. The fourth-order valence-corrected chi connectivity index (χ4v) is 1.30. The monoisotopic (exact) mass is 235 g/mol. The normalized spacial score (nSPS) is 11.1. The zero-order valence-electron chi connectivity index (χ0n) is 8.01. The minimum atomic E-state index is -2.88. The van der Waals surface area contributed by atoms with Crippen LogP contribution in [-0.2, 0) is 0 Å². The summed E-state index contributed by atoms with van der Waals surface area (Å²) in [4.78, 5) is 0. The Morgan fingerprint density at radius 3 is 2.67 bits per heavy atom. The summed E-state index contributed by atoms with van der Waals surface area (Å²) in [6.45, 7) is -1.36. The Hall–Kier alpha value is -0.870. The fourth-order valence-electron chi connectivity index (χ4n) is 1.07. The number of aliphatic hydroxyl groups excluding tert-OH is 1. The van der Waals surface area contributed by atoms with Gasteiger partial charge < -0.3 is 9.84 Å². The van der Waals surface area contributed by atoms with Gasteiger partial charge in [-0.05, 0) is 23.8 Å². The predicted molar refractivity (Wildman–Crippen MR) is 53.2 cm³/mol. The van der Waals surface area contributed by atoms with E-state index in [1.165, 1.54) is 12.1 Å². The first kappa shape index (κ1) is 12.2. The fraction of sp³-hybridized carbons (Fsp3) is 0.300. The number of aliphatic hydroxyl groups is 1. The summed E-state index contributed by atoms with van der Waals surface area (Å²) in [6, 6.07) is 4.27. The van der Waals surface area contributed by atoms with E-state index >= 15 is 0 Å². The average molecular weight is 236 g/mol. The summed E-state index contributed by atoms with van der Waals surface area (Å²) in [5, 5.41) is 9.17. The van der Waals surface area contributed by atoms with E-state index < -0.39 is 6.61 Å². The summed E-state index contributed by atoms with van der Waals surface area (Å²) in [7, 11) is 0. The van der Waals surface area contributed by atoms with Crippen molar-refractivity contribution in [2.45, 2.75) is 13.5 Å². The highest BCUT2D eigenvalue weighted by Gasteiger charge is 2.10. The summed E-state index contributed by atoms with van der Waals surface area (Å²) >= 11 is 5.71. The molecular weight excluding hydrogens is 226 g/mol. The molecular formula is C10H10ClF2O2. The van der Waals surface area contributed by atoms with E-state index in [0.29, 0.717) is 11.5 Å². The molecule has 1 radical (unpaired) electrons. The minimum Gasteiger partial charge on any atom is -0.435 e. The molecule has 0 atom stereocenters. The SMILES string of the molecule is C[C](CO)c1cc(Cl)cc(OC(F)F)c1. The first-order valence-corrected chi connectivity index (χ1v) is 4.60. The Kier molecular flexibility index (Phi) is 4.29. The zero-order chi connectivity index (χ0) is 11.4. The highest BCUT2D eigenvalue weighted by molar-refractivity contribution is 6.30. The first-order valence-electron chi connectivity index (χ1n) is 4.22. The van der Waals surface area contributed by atoms with Gasteiger partial charge in [-0.1, -0.05) is 18.5 Å². The second-order valence-corrected chi connectivity index (χ2v) is 3.43. The van der Waals surface area contributed by atoms with Crippen molar-refractivity contribution < 1.29 is 18.6 Å². The lowest BCUT2D eigenvalue weighted by Crippen LogP contribution is -2.04. The van der Waals surface area contributed by atoms with Crippen molar-refractivity contribution in [1.29, 1.82) is 0 Å². The summed E-state index contributed by atoms with van der Waals surface area (Å²) in [5.41, 5.74) is 0.584. The Morgan fingerprint density at radius 2 is 2.13 bits per heavy atom. The highest BCUT2D eigenvalue weighted by atomic mass is 35.5. The molecule has 0 saturated heterocycles. The number of halogens is 3. The van der Waals surface area contributed by atoms with Crippen LogP contribution in [0.25, 0.3) is 0 Å². The van der Waals surface area contributed by atoms with Gasteiger partial charge >= 0.3 is 6.61 Å². The largest absolute Gasteiger partial charge is 0.435 e. The van der Waals surface area contributed by atoms with Gasteiger partial charge in [-0.2, -0.15) is 8.78 Å². The van der Waals surface area contributed by atoms with Crippen LogP contribution in [0.3, 0.4) is 0 Å². The lowest BCUT2D eigenvalue weighted by Gasteiger charge is -2.11. The van der Waals surface area contributed by atoms with E-state index in [4.69, 9.17) is 16.7 Å². The number of benzene rings is 1. The topological polar surface area (TPSA) is 29.5 Å². The van der Waals surface area contributed by atoms with Crippen molar-refractivity contribution in [1.82, 2.24) is 0 Å². The molecule has 1 aromatic carbocycles. The number of ether oxygens (including phenoxy) is 1. The Bertz CT molecular complexity index is 331. The average Bonchev–Trinajstić information content (AvgIpc) is 2.14. The van der Waals surface area contributed by atoms with Gasteiger partial charge in [0.2, 0.25) is 0 Å². The van der Waals surface area contributed by atoms with Gasteiger partial charge in [0.15, 0.2) is 0 Å². The van der Waals surface area contributed by atoms with Crippen molar-refractivity contribution in [2.24, 2.45) is 0 Å². The highest BCUT2D eigenvalue weighted by Crippen LogP contribution is 2.26. The van der Waals surface area contributed by atoms with Crippen LogP contribution < -0.4 is 4.74 Å². The second kappa shape index (κ2) is 5.28. The van der Waals surface area contributed by atoms with Gasteiger partial charge in [0, 0.05) is 10.9 Å². The Balaban J connectivity index is 2.94. The maximum absolute atomic E-state index is 11.9. The summed E-state index contributed by atoms with van der Waals surface area (Å²) < 4.78 is 28.1. The lowest BCUT2D eigenvalue weighted by molar-refractivity contribution is -0.0498. The predicted octanol–water partition coefficient (Wildman–Crippen LogP) is 2.88. The van der Waals surface area contributed by atoms with Crippen molar-refractivity contribution >= 4 is 11.6 Å². The van der Waals surface area contributed by atoms with E-state index in [0.717, 1.165) is 0 Å². The van der Waals surface area contributed by atoms with Crippen LogP contribution >= 0.6 is 11.6 Å². The van der Waals surface area contributed by atoms with Crippen molar-refractivity contribution in [2.75, 3.05) is 6.61 Å². The molecule has 1 rings (SSSR count). The lowest BCUT2D eigenvalue weighted by atomic mass is 10.0. The number of rotatable bonds is 4. The van der Waals surface area contributed by atoms with Gasteiger partial charge in [0.25, 0.3) is 0 Å². The van der Waals surface area contributed by atoms with E-state index in [-0.39, 0.29) is 17.4 Å². The quantitative estimate of drug-likeness (QED) is 0.870. The van der Waals surface area contributed by atoms with E-state index in [2.05, 4.69) is 4.74 Å². The molecule has 5 heteroatoms. The van der Waals surface area contributed by atoms with E-state index in [1.807, 2.05) is 0 Å². The van der Waals surface area contributed by atoms with E-state index in [9.17, 15) is 8.78 Å². The van der Waals surface area contributed by atoms with Gasteiger partial charge in [0.05, 0.1) is 6.61 Å². The van der Waals surface area contributed by atoms with Crippen LogP contribution in [0.5, 0.6) is 5.75 Å². The molecule has 0 heterocycles. The summed E-state index contributed by atoms with van der Waals surface area (Å²) in [6.07, 6.45) is 0. The molecule has 0 aliphatic rings. The van der Waals surface area contributed by atoms with Crippen LogP contribution in [0, 0.1) is 5.92 Å². The smallest absolute Gasteiger partial charge is 0.387 e. The molecule has 0 spiro atoms. The minimum absolute atomic E-state index is 0.0136. The Morgan fingerprint density at radius 1 is 1.47 bits per heavy atom. The molecule has 0 aliphatic carbocycles. The number of alkyl halides is 2. The standard InChI is InChI=1S/C10H10ClF2O2/c1-6(5-14)7-2-8(11)4-9(3-7)15-10(12)13/h2-4,10,14H,5H2,1H3. The van der Waals surface area contributed by atoms with Crippen LogP contribution in [0.15, 0.2) is 18.2 Å². The van der Waals surface area contributed by atoms with Crippen molar-refractivity contribution in [3.63, 3.8) is 0 Å². The molecule has 0 bridgehead atoms. The number of hydrogen-bond acceptors (Lipinski definition) is 2. The molecule has 15 heavy (non-hydrogen) atoms. The molecule has 0 unspecified atom stereocenters. The molecule has 0 amide bonds. The molecule has 83 valence electrons. The van der Waals surface area contributed by atoms with Gasteiger partial charge in [-0.25, -0.2) is 0 Å². The zero-order valence-corrected chi connectivity index (χ0v) is 8.76. The third kappa shape index (κ3) is 3.64. The molecule has 0 fully saturated rings. The van der Waals surface area contributed by atoms with Crippen molar-refractivity contribution in [3.8, 4) is 5.75 Å². The molecule has 0 aliphatic heterocycles. The van der Waals surface area contributed by atoms with Crippen LogP contribution in [0.4, 0.5) is 8.78 Å². The Labute approximate surface area is 91.4 Å². The molecule has 2 nitrogen and oxygen atoms in total. The van der Waals surface area contributed by atoms with Crippen molar-refractivity contribution in [3.05, 3.63) is 34.7 Å². The molecule has 1 N–H and O–H groups in total. The number of hydrogen-bond donors (Lipinski definition) is 1. The maximum Gasteiger partial charge on any atom is 0.387 e. The van der Waals surface area contributed by atoms with Crippen LogP contribution in [-0.4, -0.2) is 18.3 Å². The third-order valence-electron chi connectivity index (χ3n) is 1.83. The van der Waals surface area contributed by atoms with Crippen LogP contribution in [0.1, 0.15) is 12.5 Å². The van der Waals surface area contributed by atoms with Gasteiger partial charge in [-0.15, -0.1) is 0 Å².